The molecule has 1 atom stereocenters. The normalized spacial score (nSPS) is 22.9. The molecule has 0 radical (unpaired) electrons. The van der Waals surface area contributed by atoms with Crippen molar-refractivity contribution in [2.45, 2.75) is 33.6 Å². The predicted molar refractivity (Wildman–Crippen MR) is 70.8 cm³/mol. The molecule has 4 heteroatoms. The second-order valence-corrected chi connectivity index (χ2v) is 5.30. The first-order valence-corrected chi connectivity index (χ1v) is 6.47. The van der Waals surface area contributed by atoms with Gasteiger partial charge in [0.1, 0.15) is 23.5 Å². The van der Waals surface area contributed by atoms with Gasteiger partial charge in [0.2, 0.25) is 5.88 Å². The third kappa shape index (κ3) is 2.00. The molecule has 0 spiro atoms. The van der Waals surface area contributed by atoms with E-state index in [1.54, 1.807) is 0 Å². The summed E-state index contributed by atoms with van der Waals surface area (Å²) in [6.45, 7) is 6.26. The van der Waals surface area contributed by atoms with Crippen LogP contribution in [0, 0.1) is 34.5 Å². The van der Waals surface area contributed by atoms with E-state index in [4.69, 9.17) is 15.7 Å². The highest BCUT2D eigenvalue weighted by molar-refractivity contribution is 5.61. The van der Waals surface area contributed by atoms with Crippen molar-refractivity contribution < 1.29 is 4.74 Å². The average molecular weight is 255 g/mol. The molecule has 0 saturated carbocycles. The molecule has 19 heavy (non-hydrogen) atoms. The van der Waals surface area contributed by atoms with Gasteiger partial charge in [-0.2, -0.15) is 10.5 Å². The van der Waals surface area contributed by atoms with E-state index >= 15 is 0 Å². The van der Waals surface area contributed by atoms with Crippen LogP contribution in [0.4, 0.5) is 0 Å². The van der Waals surface area contributed by atoms with Gasteiger partial charge in [-0.1, -0.05) is 20.8 Å². The molecular formula is C15H17N3O. The molecule has 98 valence electrons. The van der Waals surface area contributed by atoms with Crippen LogP contribution in [-0.2, 0) is 4.74 Å². The fraction of sp³-hybridized carbons (Fsp3) is 0.467. The topological polar surface area (TPSA) is 82.8 Å². The Morgan fingerprint density at radius 2 is 1.89 bits per heavy atom. The van der Waals surface area contributed by atoms with Gasteiger partial charge < -0.3 is 10.5 Å². The first kappa shape index (κ1) is 13.2. The minimum absolute atomic E-state index is 0.0463. The zero-order chi connectivity index (χ0) is 14.2. The van der Waals surface area contributed by atoms with E-state index in [2.05, 4.69) is 26.8 Å². The van der Waals surface area contributed by atoms with Crippen molar-refractivity contribution >= 4 is 0 Å². The second-order valence-electron chi connectivity index (χ2n) is 5.30. The van der Waals surface area contributed by atoms with Crippen LogP contribution < -0.4 is 5.73 Å². The van der Waals surface area contributed by atoms with Crippen LogP contribution >= 0.6 is 0 Å². The lowest BCUT2D eigenvalue weighted by atomic mass is 9.77. The second kappa shape index (κ2) is 4.82. The van der Waals surface area contributed by atoms with Gasteiger partial charge in [0, 0.05) is 5.57 Å². The van der Waals surface area contributed by atoms with Crippen LogP contribution in [0.2, 0.25) is 0 Å². The summed E-state index contributed by atoms with van der Waals surface area (Å²) in [6, 6.07) is 4.11. The van der Waals surface area contributed by atoms with E-state index in [1.165, 1.54) is 5.57 Å². The van der Waals surface area contributed by atoms with Crippen molar-refractivity contribution in [2.24, 2.45) is 17.6 Å². The first-order chi connectivity index (χ1) is 9.01. The molecule has 0 aromatic heterocycles. The minimum atomic E-state index is 0.0463. The number of rotatable bonds is 1. The predicted octanol–water partition coefficient (Wildman–Crippen LogP) is 2.87. The van der Waals surface area contributed by atoms with E-state index in [0.717, 1.165) is 24.2 Å². The van der Waals surface area contributed by atoms with Crippen molar-refractivity contribution in [3.8, 4) is 12.1 Å². The highest BCUT2D eigenvalue weighted by Crippen LogP contribution is 2.43. The summed E-state index contributed by atoms with van der Waals surface area (Å²) in [5, 5.41) is 18.5. The smallest absolute Gasteiger partial charge is 0.210 e. The van der Waals surface area contributed by atoms with Crippen LogP contribution in [0.3, 0.4) is 0 Å². The molecule has 0 bridgehead atoms. The van der Waals surface area contributed by atoms with Gasteiger partial charge in [-0.3, -0.25) is 0 Å². The average Bonchev–Trinajstić information content (AvgIpc) is 2.37. The standard InChI is InChI=1S/C15H17N3O/c1-8(2)10-5-4-9(3)13-11(6-16)12(7-17)15(18)19-14(10)13/h8-9H,4-5,18H2,1-3H3/t9-/m0/s1. The number of hydrogen-bond donors (Lipinski definition) is 1. The fourth-order valence-electron chi connectivity index (χ4n) is 2.70. The van der Waals surface area contributed by atoms with Crippen LogP contribution in [-0.4, -0.2) is 0 Å². The number of ether oxygens (including phenoxy) is 1. The molecule has 2 N–H and O–H groups in total. The third-order valence-corrected chi connectivity index (χ3v) is 3.77. The maximum atomic E-state index is 9.37. The quantitative estimate of drug-likeness (QED) is 0.780. The SMILES string of the molecule is CC(C)C1=C2OC(N)=C(C#N)C(C#N)=C2[C@@H](C)CC1. The Labute approximate surface area is 113 Å². The number of nitrogens with zero attached hydrogens (tertiary/aromatic N) is 2. The number of allylic oxidation sites excluding steroid dienone is 4. The molecule has 1 heterocycles. The molecule has 0 saturated heterocycles. The molecule has 0 aromatic carbocycles. The summed E-state index contributed by atoms with van der Waals surface area (Å²) < 4.78 is 5.68. The summed E-state index contributed by atoms with van der Waals surface area (Å²) in [5.74, 6) is 1.32. The van der Waals surface area contributed by atoms with Gasteiger partial charge in [-0.25, -0.2) is 0 Å². The van der Waals surface area contributed by atoms with Gasteiger partial charge in [0.15, 0.2) is 0 Å². The summed E-state index contributed by atoms with van der Waals surface area (Å²) >= 11 is 0. The highest BCUT2D eigenvalue weighted by Gasteiger charge is 2.34. The molecule has 1 aliphatic heterocycles. The molecule has 0 fully saturated rings. The molecule has 1 aliphatic carbocycles. The van der Waals surface area contributed by atoms with Gasteiger partial charge in [0.05, 0.1) is 5.57 Å². The van der Waals surface area contributed by atoms with Crippen molar-refractivity contribution in [1.29, 1.82) is 10.5 Å². The monoisotopic (exact) mass is 255 g/mol. The lowest BCUT2D eigenvalue weighted by Crippen LogP contribution is -2.24. The Morgan fingerprint density at radius 1 is 1.26 bits per heavy atom. The zero-order valence-corrected chi connectivity index (χ0v) is 11.4. The largest absolute Gasteiger partial charge is 0.440 e. The van der Waals surface area contributed by atoms with E-state index in [0.29, 0.717) is 11.5 Å². The van der Waals surface area contributed by atoms with Crippen LogP contribution in [0.1, 0.15) is 33.6 Å². The van der Waals surface area contributed by atoms with E-state index in [1.807, 2.05) is 6.07 Å². The summed E-state index contributed by atoms with van der Waals surface area (Å²) in [6.07, 6.45) is 1.92. The highest BCUT2D eigenvalue weighted by atomic mass is 16.5. The minimum Gasteiger partial charge on any atom is -0.440 e. The molecule has 2 rings (SSSR count). The molecule has 2 aliphatic rings. The Kier molecular flexibility index (Phi) is 3.36. The maximum Gasteiger partial charge on any atom is 0.210 e. The Morgan fingerprint density at radius 3 is 2.42 bits per heavy atom. The molecular weight excluding hydrogens is 238 g/mol. The Bertz CT molecular complexity index is 594. The molecule has 0 amide bonds. The van der Waals surface area contributed by atoms with Crippen LogP contribution in [0.15, 0.2) is 33.9 Å². The van der Waals surface area contributed by atoms with Crippen molar-refractivity contribution in [1.82, 2.24) is 0 Å². The van der Waals surface area contributed by atoms with Crippen molar-refractivity contribution in [3.63, 3.8) is 0 Å². The van der Waals surface area contributed by atoms with Crippen LogP contribution in [0.5, 0.6) is 0 Å². The Balaban J connectivity index is 2.73. The number of fused-ring (bicyclic) bond motifs is 1. The number of nitriles is 2. The summed E-state index contributed by atoms with van der Waals surface area (Å²) in [5.41, 5.74) is 8.36. The lowest BCUT2D eigenvalue weighted by molar-refractivity contribution is 0.271. The van der Waals surface area contributed by atoms with Gasteiger partial charge in [0.25, 0.3) is 0 Å². The van der Waals surface area contributed by atoms with Gasteiger partial charge in [-0.15, -0.1) is 0 Å². The van der Waals surface area contributed by atoms with Gasteiger partial charge in [-0.05, 0) is 30.3 Å². The van der Waals surface area contributed by atoms with E-state index in [9.17, 15) is 5.26 Å². The van der Waals surface area contributed by atoms with Crippen LogP contribution in [0.25, 0.3) is 0 Å². The van der Waals surface area contributed by atoms with E-state index < -0.39 is 0 Å². The fourth-order valence-corrected chi connectivity index (χ4v) is 2.70. The van der Waals surface area contributed by atoms with Crippen molar-refractivity contribution in [2.75, 3.05) is 0 Å². The Hall–Kier alpha value is -2.20. The third-order valence-electron chi connectivity index (χ3n) is 3.77. The lowest BCUT2D eigenvalue weighted by Gasteiger charge is -2.33. The number of nitrogens with two attached hydrogens (primary N) is 1. The molecule has 0 aromatic rings. The summed E-state index contributed by atoms with van der Waals surface area (Å²) in [4.78, 5) is 0. The van der Waals surface area contributed by atoms with E-state index in [-0.39, 0.29) is 17.4 Å². The maximum absolute atomic E-state index is 9.37. The van der Waals surface area contributed by atoms with Gasteiger partial charge >= 0.3 is 0 Å². The molecule has 4 nitrogen and oxygen atoms in total. The number of hydrogen-bond acceptors (Lipinski definition) is 4. The van der Waals surface area contributed by atoms with Crippen molar-refractivity contribution in [3.05, 3.63) is 33.9 Å². The molecule has 0 unspecified atom stereocenters. The summed E-state index contributed by atoms with van der Waals surface area (Å²) in [7, 11) is 0. The zero-order valence-electron chi connectivity index (χ0n) is 11.4. The first-order valence-electron chi connectivity index (χ1n) is 6.47.